The molecule has 10 heteroatoms. The molecular formula is C17H20F6O3S. The van der Waals surface area contributed by atoms with Gasteiger partial charge in [0.1, 0.15) is 5.75 Å². The van der Waals surface area contributed by atoms with E-state index in [0.717, 1.165) is 49.8 Å². The van der Waals surface area contributed by atoms with Gasteiger partial charge in [0.2, 0.25) is 0 Å². The van der Waals surface area contributed by atoms with Crippen LogP contribution in [0.2, 0.25) is 0 Å². The zero-order valence-corrected chi connectivity index (χ0v) is 15.3. The maximum atomic E-state index is 13.8. The van der Waals surface area contributed by atoms with Gasteiger partial charge >= 0.3 is 27.2 Å². The summed E-state index contributed by atoms with van der Waals surface area (Å²) in [5.74, 6) is -11.8. The molecule has 1 aromatic carbocycles. The van der Waals surface area contributed by atoms with Gasteiger partial charge in [-0.2, -0.15) is 34.8 Å². The van der Waals surface area contributed by atoms with Crippen LogP contribution < -0.4 is 4.18 Å². The first kappa shape index (κ1) is 21.8. The Hall–Kier alpha value is -1.45. The van der Waals surface area contributed by atoms with Gasteiger partial charge in [-0.15, -0.1) is 0 Å². The normalized spacial score (nSPS) is 17.7. The average Bonchev–Trinajstić information content (AvgIpc) is 2.62. The van der Waals surface area contributed by atoms with Crippen molar-refractivity contribution in [3.63, 3.8) is 0 Å². The molecule has 0 bridgehead atoms. The third-order valence-corrected chi connectivity index (χ3v) is 6.04. The summed E-state index contributed by atoms with van der Waals surface area (Å²) in [7, 11) is -6.36. The van der Waals surface area contributed by atoms with Gasteiger partial charge in [-0.3, -0.25) is 0 Å². The van der Waals surface area contributed by atoms with Crippen LogP contribution in [0.1, 0.15) is 56.9 Å². The van der Waals surface area contributed by atoms with Crippen LogP contribution in [-0.4, -0.2) is 25.5 Å². The quantitative estimate of drug-likeness (QED) is 0.420. The highest BCUT2D eigenvalue weighted by Crippen LogP contribution is 2.50. The van der Waals surface area contributed by atoms with Crippen molar-refractivity contribution in [1.82, 2.24) is 0 Å². The summed E-state index contributed by atoms with van der Waals surface area (Å²) in [6, 6.07) is 5.01. The van der Waals surface area contributed by atoms with Gasteiger partial charge in [-0.25, -0.2) is 0 Å². The molecule has 0 aromatic heterocycles. The Morgan fingerprint density at radius 2 is 1.48 bits per heavy atom. The lowest BCUT2D eigenvalue weighted by atomic mass is 9.84. The van der Waals surface area contributed by atoms with E-state index in [2.05, 4.69) is 4.18 Å². The first-order chi connectivity index (χ1) is 12.4. The highest BCUT2D eigenvalue weighted by atomic mass is 32.2. The second-order valence-electron chi connectivity index (χ2n) is 6.59. The van der Waals surface area contributed by atoms with Crippen LogP contribution in [0.15, 0.2) is 24.3 Å². The zero-order valence-electron chi connectivity index (χ0n) is 14.5. The van der Waals surface area contributed by atoms with Crippen molar-refractivity contribution >= 4 is 10.1 Å². The summed E-state index contributed by atoms with van der Waals surface area (Å²) in [5, 5.41) is -6.11. The molecule has 2 rings (SSSR count). The van der Waals surface area contributed by atoms with Crippen molar-refractivity contribution in [2.45, 2.75) is 68.5 Å². The molecule has 3 nitrogen and oxygen atoms in total. The molecule has 1 aromatic rings. The maximum absolute atomic E-state index is 13.8. The third-order valence-electron chi connectivity index (χ3n) is 4.75. The van der Waals surface area contributed by atoms with Crippen LogP contribution in [-0.2, 0) is 10.1 Å². The minimum Gasteiger partial charge on any atom is -0.378 e. The summed E-state index contributed by atoms with van der Waals surface area (Å²) in [6.07, 6.45) is 3.36. The molecular weight excluding hydrogens is 398 g/mol. The minimum absolute atomic E-state index is 0.235. The highest BCUT2D eigenvalue weighted by molar-refractivity contribution is 7.88. The van der Waals surface area contributed by atoms with Gasteiger partial charge in [0.25, 0.3) is 0 Å². The standard InChI is InChI=1S/C17H20F6O3S/c1-2-15(18,19)16(20,21)17(22,23)27(24,25)26-14-10-8-13(9-11-14)12-6-4-3-5-7-12/h8-12H,2-7H2,1H3. The van der Waals surface area contributed by atoms with Crippen LogP contribution in [0, 0.1) is 0 Å². The largest absolute Gasteiger partial charge is 0.449 e. The van der Waals surface area contributed by atoms with Crippen LogP contribution in [0.3, 0.4) is 0 Å². The number of hydrogen-bond acceptors (Lipinski definition) is 3. The topological polar surface area (TPSA) is 43.4 Å². The van der Waals surface area contributed by atoms with Gasteiger partial charge in [0, 0.05) is 6.42 Å². The molecule has 0 N–H and O–H groups in total. The predicted molar refractivity (Wildman–Crippen MR) is 86.9 cm³/mol. The SMILES string of the molecule is CCC(F)(F)C(F)(F)C(F)(F)S(=O)(=O)Oc1ccc(C2CCCCC2)cc1. The number of hydrogen-bond donors (Lipinski definition) is 0. The van der Waals surface area contributed by atoms with Crippen molar-refractivity contribution in [3.8, 4) is 5.75 Å². The van der Waals surface area contributed by atoms with E-state index in [1.807, 2.05) is 0 Å². The second kappa shape index (κ2) is 7.52. The number of alkyl halides is 6. The highest BCUT2D eigenvalue weighted by Gasteiger charge is 2.77. The van der Waals surface area contributed by atoms with Crippen LogP contribution in [0.4, 0.5) is 26.3 Å². The van der Waals surface area contributed by atoms with Crippen molar-refractivity contribution in [3.05, 3.63) is 29.8 Å². The number of rotatable bonds is 7. The Morgan fingerprint density at radius 3 is 1.96 bits per heavy atom. The molecule has 0 atom stereocenters. The smallest absolute Gasteiger partial charge is 0.378 e. The molecule has 0 heterocycles. The third kappa shape index (κ3) is 4.05. The van der Waals surface area contributed by atoms with E-state index in [1.165, 1.54) is 12.1 Å². The fourth-order valence-corrected chi connectivity index (χ4v) is 3.93. The van der Waals surface area contributed by atoms with E-state index < -0.39 is 39.4 Å². The summed E-state index contributed by atoms with van der Waals surface area (Å²) < 4.78 is 108. The van der Waals surface area contributed by atoms with Crippen molar-refractivity contribution in [2.75, 3.05) is 0 Å². The summed E-state index contributed by atoms with van der Waals surface area (Å²) in [6.45, 7) is 0.543. The zero-order chi connectivity index (χ0) is 20.5. The molecule has 0 spiro atoms. The van der Waals surface area contributed by atoms with Gasteiger partial charge in [-0.1, -0.05) is 38.3 Å². The van der Waals surface area contributed by atoms with Gasteiger partial charge in [-0.05, 0) is 36.5 Å². The van der Waals surface area contributed by atoms with Crippen LogP contribution in [0.5, 0.6) is 5.75 Å². The Bertz CT molecular complexity index is 740. The molecule has 0 amide bonds. The Balaban J connectivity index is 2.22. The van der Waals surface area contributed by atoms with Crippen LogP contribution >= 0.6 is 0 Å². The van der Waals surface area contributed by atoms with Crippen molar-refractivity contribution < 1.29 is 38.9 Å². The molecule has 0 radical (unpaired) electrons. The molecule has 0 saturated heterocycles. The van der Waals surface area contributed by atoms with Crippen molar-refractivity contribution in [2.24, 2.45) is 0 Å². The van der Waals surface area contributed by atoms with Crippen LogP contribution in [0.25, 0.3) is 0 Å². The van der Waals surface area contributed by atoms with E-state index in [1.54, 1.807) is 0 Å². The molecule has 27 heavy (non-hydrogen) atoms. The lowest BCUT2D eigenvalue weighted by Crippen LogP contribution is -2.58. The molecule has 0 unspecified atom stereocenters. The average molecular weight is 418 g/mol. The molecule has 1 aliphatic carbocycles. The Morgan fingerprint density at radius 1 is 0.963 bits per heavy atom. The number of benzene rings is 1. The van der Waals surface area contributed by atoms with E-state index in [4.69, 9.17) is 0 Å². The fourth-order valence-electron chi connectivity index (χ4n) is 3.00. The van der Waals surface area contributed by atoms with Gasteiger partial charge < -0.3 is 4.18 Å². The molecule has 1 fully saturated rings. The lowest BCUT2D eigenvalue weighted by molar-refractivity contribution is -0.281. The maximum Gasteiger partial charge on any atom is 0.449 e. The molecule has 154 valence electrons. The summed E-state index contributed by atoms with van der Waals surface area (Å²) >= 11 is 0. The van der Waals surface area contributed by atoms with Crippen molar-refractivity contribution in [1.29, 1.82) is 0 Å². The summed E-state index contributed by atoms with van der Waals surface area (Å²) in [5.41, 5.74) is 0.842. The first-order valence-electron chi connectivity index (χ1n) is 8.53. The number of halogens is 6. The second-order valence-corrected chi connectivity index (χ2v) is 8.18. The molecule has 1 saturated carbocycles. The monoisotopic (exact) mass is 418 g/mol. The molecule has 0 aliphatic heterocycles. The minimum atomic E-state index is -6.36. The van der Waals surface area contributed by atoms with E-state index in [9.17, 15) is 34.8 Å². The predicted octanol–water partition coefficient (Wildman–Crippen LogP) is 5.72. The Kier molecular flexibility index (Phi) is 6.08. The molecule has 1 aliphatic rings. The van der Waals surface area contributed by atoms with Gasteiger partial charge in [0.15, 0.2) is 0 Å². The Labute approximate surface area is 153 Å². The first-order valence-corrected chi connectivity index (χ1v) is 9.94. The van der Waals surface area contributed by atoms with E-state index >= 15 is 0 Å². The fraction of sp³-hybridized carbons (Fsp3) is 0.647. The van der Waals surface area contributed by atoms with E-state index in [0.29, 0.717) is 6.92 Å². The van der Waals surface area contributed by atoms with Gasteiger partial charge in [0.05, 0.1) is 0 Å². The lowest BCUT2D eigenvalue weighted by Gasteiger charge is -2.31. The summed E-state index contributed by atoms with van der Waals surface area (Å²) in [4.78, 5) is 0. The van der Waals surface area contributed by atoms with E-state index in [-0.39, 0.29) is 5.92 Å².